The molecule has 0 bridgehead atoms. The quantitative estimate of drug-likeness (QED) is 0.171. The Hall–Kier alpha value is -4.58. The van der Waals surface area contributed by atoms with Crippen LogP contribution in [0.1, 0.15) is 51.9 Å². The highest BCUT2D eigenvalue weighted by Gasteiger charge is 2.49. The monoisotopic (exact) mass is 594 g/mol. The third-order valence-electron chi connectivity index (χ3n) is 7.07. The molecule has 1 saturated heterocycles. The highest BCUT2D eigenvalue weighted by Crippen LogP contribution is 2.48. The molecule has 2 unspecified atom stereocenters. The summed E-state index contributed by atoms with van der Waals surface area (Å²) in [4.78, 5) is 45.8. The summed E-state index contributed by atoms with van der Waals surface area (Å²) >= 11 is 0.922. The second-order valence-corrected chi connectivity index (χ2v) is 10.7. The molecule has 1 N–H and O–H groups in total. The number of nitrogens with zero attached hydrogens (tertiary/aromatic N) is 2. The second-order valence-electron chi connectivity index (χ2n) is 9.71. The summed E-state index contributed by atoms with van der Waals surface area (Å²) in [7, 11) is 4.35. The van der Waals surface area contributed by atoms with E-state index in [1.807, 2.05) is 6.92 Å². The lowest BCUT2D eigenvalue weighted by molar-refractivity contribution is -0.132. The van der Waals surface area contributed by atoms with Gasteiger partial charge >= 0.3 is 11.9 Å². The third kappa shape index (κ3) is 4.81. The number of ketones is 1. The van der Waals surface area contributed by atoms with Gasteiger partial charge in [0.25, 0.3) is 5.78 Å². The van der Waals surface area contributed by atoms with Crippen molar-refractivity contribution in [1.29, 1.82) is 0 Å². The van der Waals surface area contributed by atoms with Crippen LogP contribution in [-0.4, -0.2) is 61.8 Å². The highest BCUT2D eigenvalue weighted by atomic mass is 32.1. The zero-order valence-corrected chi connectivity index (χ0v) is 24.8. The van der Waals surface area contributed by atoms with E-state index in [1.165, 1.54) is 26.2 Å². The minimum atomic E-state index is -1.15. The summed E-state index contributed by atoms with van der Waals surface area (Å²) in [6.07, 6.45) is 0.611. The number of amides is 1. The number of anilines is 1. The van der Waals surface area contributed by atoms with Crippen molar-refractivity contribution in [2.24, 2.45) is 0 Å². The van der Waals surface area contributed by atoms with Crippen LogP contribution < -0.4 is 23.8 Å². The number of aliphatic hydroxyl groups excluding tert-OH is 1. The predicted molar refractivity (Wildman–Crippen MR) is 154 cm³/mol. The predicted octanol–water partition coefficient (Wildman–Crippen LogP) is 4.60. The first kappa shape index (κ1) is 28.9. The number of aliphatic hydroxyl groups is 1. The van der Waals surface area contributed by atoms with Gasteiger partial charge in [-0.15, -0.1) is 0 Å². The average Bonchev–Trinajstić information content (AvgIpc) is 3.63. The number of ether oxygens (including phenoxy) is 5. The number of fused-ring (bicyclic) bond motifs is 1. The van der Waals surface area contributed by atoms with Gasteiger partial charge in [0.1, 0.15) is 22.5 Å². The van der Waals surface area contributed by atoms with Crippen LogP contribution in [0.5, 0.6) is 23.0 Å². The van der Waals surface area contributed by atoms with Crippen molar-refractivity contribution >= 4 is 39.9 Å². The summed E-state index contributed by atoms with van der Waals surface area (Å²) in [5.74, 6) is -1.22. The molecule has 12 heteroatoms. The molecular weight excluding hydrogens is 564 g/mol. The zero-order chi connectivity index (χ0) is 30.3. The van der Waals surface area contributed by atoms with Crippen molar-refractivity contribution < 1.29 is 43.2 Å². The van der Waals surface area contributed by atoms with Crippen LogP contribution in [0.4, 0.5) is 5.13 Å². The topological polar surface area (TPSA) is 134 Å². The Morgan fingerprint density at radius 2 is 1.81 bits per heavy atom. The number of Topliss-reactive ketones (excluding diaryl/α,β-unsaturated/α-hetero) is 1. The minimum absolute atomic E-state index is 0.0241. The standard InChI is InChI=1S/C30H30N2O9S/c1-7-40-29(36)27-15(3)31-30(42-27)32-23(18-12-20(37-4)26(39-6)21(13-18)38-5)22(25(34)28(32)35)24(33)16-8-9-19-17(11-16)10-14(2)41-19/h8-9,11-14,23,33H,7,10H2,1-6H3/b24-22+. The highest BCUT2D eigenvalue weighted by molar-refractivity contribution is 7.17. The molecule has 11 nitrogen and oxygen atoms in total. The van der Waals surface area contributed by atoms with E-state index in [-0.39, 0.29) is 45.6 Å². The number of methoxy groups -OCH3 is 3. The lowest BCUT2D eigenvalue weighted by atomic mass is 9.94. The van der Waals surface area contributed by atoms with Crippen molar-refractivity contribution in [2.75, 3.05) is 32.8 Å². The van der Waals surface area contributed by atoms with E-state index in [1.54, 1.807) is 44.2 Å². The molecule has 3 heterocycles. The molecule has 5 rings (SSSR count). The van der Waals surface area contributed by atoms with E-state index in [4.69, 9.17) is 23.7 Å². The number of benzene rings is 2. The number of hydrogen-bond acceptors (Lipinski definition) is 11. The Balaban J connectivity index is 1.74. The fourth-order valence-corrected chi connectivity index (χ4v) is 6.19. The smallest absolute Gasteiger partial charge is 0.350 e. The van der Waals surface area contributed by atoms with Gasteiger partial charge in [0.15, 0.2) is 16.6 Å². The maximum atomic E-state index is 13.7. The van der Waals surface area contributed by atoms with Crippen LogP contribution in [-0.2, 0) is 20.7 Å². The van der Waals surface area contributed by atoms with Gasteiger partial charge in [0.2, 0.25) is 5.75 Å². The van der Waals surface area contributed by atoms with Gasteiger partial charge in [-0.05, 0) is 62.2 Å². The van der Waals surface area contributed by atoms with Crippen LogP contribution in [0.3, 0.4) is 0 Å². The summed E-state index contributed by atoms with van der Waals surface area (Å²) in [6.45, 7) is 5.40. The van der Waals surface area contributed by atoms with Gasteiger partial charge < -0.3 is 28.8 Å². The van der Waals surface area contributed by atoms with Crippen molar-refractivity contribution in [3.8, 4) is 23.0 Å². The number of carbonyl (C=O) groups excluding carboxylic acids is 3. The zero-order valence-electron chi connectivity index (χ0n) is 24.0. The lowest BCUT2D eigenvalue weighted by Gasteiger charge is -2.24. The van der Waals surface area contributed by atoms with Crippen LogP contribution >= 0.6 is 11.3 Å². The maximum Gasteiger partial charge on any atom is 0.350 e. The van der Waals surface area contributed by atoms with E-state index in [2.05, 4.69) is 4.98 Å². The molecule has 2 aromatic carbocycles. The van der Waals surface area contributed by atoms with Crippen LogP contribution in [0.2, 0.25) is 0 Å². The molecule has 0 spiro atoms. The van der Waals surface area contributed by atoms with Gasteiger partial charge in [-0.25, -0.2) is 9.78 Å². The van der Waals surface area contributed by atoms with Gasteiger partial charge in [-0.1, -0.05) is 11.3 Å². The maximum absolute atomic E-state index is 13.7. The molecule has 2 atom stereocenters. The van der Waals surface area contributed by atoms with E-state index in [0.29, 0.717) is 34.7 Å². The van der Waals surface area contributed by atoms with Crippen LogP contribution in [0.25, 0.3) is 5.76 Å². The summed E-state index contributed by atoms with van der Waals surface area (Å²) in [6, 6.07) is 7.17. The first-order chi connectivity index (χ1) is 20.1. The SMILES string of the molecule is CCOC(=O)c1sc(N2C(=O)C(=O)/C(=C(/O)c3ccc4c(c3)CC(C)O4)C2c2cc(OC)c(OC)c(OC)c2)nc1C. The molecule has 3 aromatic rings. The number of aromatic nitrogens is 1. The Morgan fingerprint density at radius 3 is 2.43 bits per heavy atom. The normalized spacial score (nSPS) is 19.0. The number of aryl methyl sites for hydroxylation is 1. The largest absolute Gasteiger partial charge is 0.507 e. The van der Waals surface area contributed by atoms with E-state index < -0.39 is 23.7 Å². The van der Waals surface area contributed by atoms with E-state index in [9.17, 15) is 19.5 Å². The minimum Gasteiger partial charge on any atom is -0.507 e. The average molecular weight is 595 g/mol. The fourth-order valence-electron chi connectivity index (χ4n) is 5.20. The molecule has 2 aliphatic heterocycles. The summed E-state index contributed by atoms with van der Waals surface area (Å²) in [5.41, 5.74) is 1.79. The Morgan fingerprint density at radius 1 is 1.12 bits per heavy atom. The summed E-state index contributed by atoms with van der Waals surface area (Å²) in [5, 5.41) is 11.7. The lowest BCUT2D eigenvalue weighted by Crippen LogP contribution is -2.29. The van der Waals surface area contributed by atoms with Crippen molar-refractivity contribution in [2.45, 2.75) is 39.3 Å². The van der Waals surface area contributed by atoms with Crippen molar-refractivity contribution in [3.05, 3.63) is 63.2 Å². The fraction of sp³-hybridized carbons (Fsp3) is 0.333. The first-order valence-corrected chi connectivity index (χ1v) is 14.0. The molecule has 1 aromatic heterocycles. The van der Waals surface area contributed by atoms with Gasteiger partial charge in [0.05, 0.1) is 45.2 Å². The Bertz CT molecular complexity index is 1600. The van der Waals surface area contributed by atoms with Crippen LogP contribution in [0, 0.1) is 6.92 Å². The first-order valence-electron chi connectivity index (χ1n) is 13.2. The number of carbonyl (C=O) groups is 3. The number of thiazole rings is 1. The molecule has 1 fully saturated rings. The molecule has 0 aliphatic carbocycles. The molecule has 0 saturated carbocycles. The molecule has 42 heavy (non-hydrogen) atoms. The van der Waals surface area contributed by atoms with Crippen LogP contribution in [0.15, 0.2) is 35.9 Å². The van der Waals surface area contributed by atoms with Crippen molar-refractivity contribution in [1.82, 2.24) is 4.98 Å². The Labute approximate surface area is 246 Å². The van der Waals surface area contributed by atoms with Crippen molar-refractivity contribution in [3.63, 3.8) is 0 Å². The molecular formula is C30H30N2O9S. The second kappa shape index (κ2) is 11.4. The molecule has 220 valence electrons. The third-order valence-corrected chi connectivity index (χ3v) is 8.21. The number of esters is 1. The number of hydrogen-bond donors (Lipinski definition) is 1. The Kier molecular flexibility index (Phi) is 7.83. The number of rotatable bonds is 8. The summed E-state index contributed by atoms with van der Waals surface area (Å²) < 4.78 is 27.5. The van der Waals surface area contributed by atoms with E-state index in [0.717, 1.165) is 16.9 Å². The van der Waals surface area contributed by atoms with E-state index >= 15 is 0 Å². The molecule has 1 amide bonds. The molecule has 0 radical (unpaired) electrons. The molecule has 2 aliphatic rings. The van der Waals surface area contributed by atoms with Gasteiger partial charge in [-0.2, -0.15) is 0 Å². The van der Waals surface area contributed by atoms with Gasteiger partial charge in [0, 0.05) is 12.0 Å². The van der Waals surface area contributed by atoms with Gasteiger partial charge in [-0.3, -0.25) is 14.5 Å².